The lowest BCUT2D eigenvalue weighted by molar-refractivity contribution is -0.0584. The highest BCUT2D eigenvalue weighted by Gasteiger charge is 2.29. The summed E-state index contributed by atoms with van der Waals surface area (Å²) in [6.45, 7) is 5.14. The van der Waals surface area contributed by atoms with Gasteiger partial charge in [0.15, 0.2) is 0 Å². The number of hydrogen-bond donors (Lipinski definition) is 1. The van der Waals surface area contributed by atoms with Crippen molar-refractivity contribution in [3.05, 3.63) is 28.1 Å². The van der Waals surface area contributed by atoms with Crippen LogP contribution < -0.4 is 5.73 Å². The number of nitrogens with two attached hydrogens (primary N) is 1. The maximum atomic E-state index is 12.7. The number of carbonyl (C=O) groups excluding carboxylic acids is 1. The molecule has 1 amide bonds. The molecule has 1 fully saturated rings. The molecule has 4 nitrogen and oxygen atoms in total. The molecule has 0 saturated carbocycles. The second-order valence-electron chi connectivity index (χ2n) is 5.45. The number of morpholine rings is 1. The lowest BCUT2D eigenvalue weighted by atomic mass is 10.2. The highest BCUT2D eigenvalue weighted by molar-refractivity contribution is 7.21. The number of thiophene rings is 1. The van der Waals surface area contributed by atoms with E-state index in [4.69, 9.17) is 22.1 Å². The molecule has 2 unspecified atom stereocenters. The van der Waals surface area contributed by atoms with Gasteiger partial charge in [0.2, 0.25) is 0 Å². The SMILES string of the molecule is CC1CN(C(=O)c2sc3ccc(Cl)cc3c2N)CC(C)O1. The highest BCUT2D eigenvalue weighted by Crippen LogP contribution is 2.36. The number of fused-ring (bicyclic) bond motifs is 1. The fourth-order valence-electron chi connectivity index (χ4n) is 2.74. The molecule has 1 aromatic carbocycles. The van der Waals surface area contributed by atoms with Gasteiger partial charge in [0.1, 0.15) is 4.88 Å². The molecule has 2 atom stereocenters. The van der Waals surface area contributed by atoms with Crippen molar-refractivity contribution >= 4 is 44.6 Å². The van der Waals surface area contributed by atoms with E-state index in [0.717, 1.165) is 10.1 Å². The van der Waals surface area contributed by atoms with Gasteiger partial charge in [-0.1, -0.05) is 11.6 Å². The first-order valence-electron chi connectivity index (χ1n) is 6.88. The molecule has 1 aromatic heterocycles. The van der Waals surface area contributed by atoms with Gasteiger partial charge >= 0.3 is 0 Å². The van der Waals surface area contributed by atoms with Crippen LogP contribution in [-0.2, 0) is 4.74 Å². The number of nitrogen functional groups attached to an aromatic ring is 1. The number of carbonyl (C=O) groups is 1. The molecule has 112 valence electrons. The molecule has 0 bridgehead atoms. The fourth-order valence-corrected chi connectivity index (χ4v) is 3.98. The maximum Gasteiger partial charge on any atom is 0.266 e. The standard InChI is InChI=1S/C15H17ClN2O2S/c1-8-6-18(7-9(2)20-8)15(19)14-13(17)11-5-10(16)3-4-12(11)21-14/h3-5,8-9H,6-7,17H2,1-2H3. The second-order valence-corrected chi connectivity index (χ2v) is 6.94. The number of ether oxygens (including phenoxy) is 1. The van der Waals surface area contributed by atoms with E-state index in [1.807, 2.05) is 36.9 Å². The third-order valence-electron chi connectivity index (χ3n) is 3.59. The molecule has 0 radical (unpaired) electrons. The number of benzene rings is 1. The van der Waals surface area contributed by atoms with Crippen molar-refractivity contribution in [2.45, 2.75) is 26.1 Å². The minimum Gasteiger partial charge on any atom is -0.397 e. The van der Waals surface area contributed by atoms with Crippen molar-refractivity contribution in [1.82, 2.24) is 4.90 Å². The Balaban J connectivity index is 1.96. The Hall–Kier alpha value is -1.30. The van der Waals surface area contributed by atoms with Crippen molar-refractivity contribution in [3.63, 3.8) is 0 Å². The lowest BCUT2D eigenvalue weighted by Gasteiger charge is -2.35. The Kier molecular flexibility index (Phi) is 3.82. The Morgan fingerprint density at radius 1 is 1.38 bits per heavy atom. The number of anilines is 1. The first-order chi connectivity index (χ1) is 9.95. The first-order valence-corrected chi connectivity index (χ1v) is 8.07. The van der Waals surface area contributed by atoms with Crippen molar-refractivity contribution < 1.29 is 9.53 Å². The van der Waals surface area contributed by atoms with Gasteiger partial charge in [-0.2, -0.15) is 0 Å². The lowest BCUT2D eigenvalue weighted by Crippen LogP contribution is -2.48. The van der Waals surface area contributed by atoms with E-state index in [9.17, 15) is 4.79 Å². The molecule has 1 aliphatic heterocycles. The quantitative estimate of drug-likeness (QED) is 0.874. The van der Waals surface area contributed by atoms with Gasteiger partial charge in [-0.25, -0.2) is 0 Å². The van der Waals surface area contributed by atoms with E-state index in [1.165, 1.54) is 11.3 Å². The van der Waals surface area contributed by atoms with Crippen LogP contribution >= 0.6 is 22.9 Å². The zero-order chi connectivity index (χ0) is 15.1. The topological polar surface area (TPSA) is 55.6 Å². The van der Waals surface area contributed by atoms with Crippen LogP contribution in [0.15, 0.2) is 18.2 Å². The fraction of sp³-hybridized carbons (Fsp3) is 0.400. The summed E-state index contributed by atoms with van der Waals surface area (Å²) >= 11 is 7.42. The maximum absolute atomic E-state index is 12.7. The van der Waals surface area contributed by atoms with Gasteiger partial charge in [0, 0.05) is 28.2 Å². The Bertz CT molecular complexity index is 690. The zero-order valence-corrected chi connectivity index (χ0v) is 13.5. The number of halogens is 1. The normalized spacial score (nSPS) is 22.7. The first kappa shape index (κ1) is 14.6. The van der Waals surface area contributed by atoms with E-state index in [-0.39, 0.29) is 18.1 Å². The van der Waals surface area contributed by atoms with Gasteiger partial charge in [0.05, 0.1) is 17.9 Å². The van der Waals surface area contributed by atoms with Crippen LogP contribution in [0.1, 0.15) is 23.5 Å². The molecule has 3 rings (SSSR count). The van der Waals surface area contributed by atoms with E-state index in [0.29, 0.717) is 28.7 Å². The highest BCUT2D eigenvalue weighted by atomic mass is 35.5. The molecule has 21 heavy (non-hydrogen) atoms. The summed E-state index contributed by atoms with van der Waals surface area (Å²) in [5.41, 5.74) is 6.68. The third kappa shape index (κ3) is 2.73. The smallest absolute Gasteiger partial charge is 0.266 e. The number of hydrogen-bond acceptors (Lipinski definition) is 4. The summed E-state index contributed by atoms with van der Waals surface area (Å²) in [4.78, 5) is 15.1. The molecule has 2 aromatic rings. The molecule has 0 aliphatic carbocycles. The van der Waals surface area contributed by atoms with E-state index < -0.39 is 0 Å². The number of rotatable bonds is 1. The summed E-state index contributed by atoms with van der Waals surface area (Å²) in [6, 6.07) is 5.52. The van der Waals surface area contributed by atoms with Crippen LogP contribution in [0.25, 0.3) is 10.1 Å². The van der Waals surface area contributed by atoms with Crippen molar-refractivity contribution in [1.29, 1.82) is 0 Å². The summed E-state index contributed by atoms with van der Waals surface area (Å²) in [5.74, 6) is -0.0215. The van der Waals surface area contributed by atoms with Crippen molar-refractivity contribution in [2.24, 2.45) is 0 Å². The van der Waals surface area contributed by atoms with E-state index >= 15 is 0 Å². The van der Waals surface area contributed by atoms with Gasteiger partial charge in [-0.3, -0.25) is 4.79 Å². The predicted molar refractivity (Wildman–Crippen MR) is 87.2 cm³/mol. The summed E-state index contributed by atoms with van der Waals surface area (Å²) in [7, 11) is 0. The number of amides is 1. The Labute approximate surface area is 132 Å². The van der Waals surface area contributed by atoms with Crippen LogP contribution in [0.3, 0.4) is 0 Å². The largest absolute Gasteiger partial charge is 0.397 e. The Morgan fingerprint density at radius 2 is 2.05 bits per heavy atom. The summed E-state index contributed by atoms with van der Waals surface area (Å²) in [6.07, 6.45) is 0.0884. The number of nitrogens with zero attached hydrogens (tertiary/aromatic N) is 1. The van der Waals surface area contributed by atoms with Crippen LogP contribution in [0.4, 0.5) is 5.69 Å². The van der Waals surface area contributed by atoms with Gasteiger partial charge in [0.25, 0.3) is 5.91 Å². The molecule has 0 spiro atoms. The second kappa shape index (κ2) is 5.48. The monoisotopic (exact) mass is 324 g/mol. The van der Waals surface area contributed by atoms with Gasteiger partial charge in [-0.15, -0.1) is 11.3 Å². The van der Waals surface area contributed by atoms with Crippen LogP contribution in [0, 0.1) is 0 Å². The molecule has 2 N–H and O–H groups in total. The van der Waals surface area contributed by atoms with Crippen molar-refractivity contribution in [3.8, 4) is 0 Å². The molecular weight excluding hydrogens is 308 g/mol. The van der Waals surface area contributed by atoms with Crippen molar-refractivity contribution in [2.75, 3.05) is 18.8 Å². The molecule has 6 heteroatoms. The van der Waals surface area contributed by atoms with E-state index in [1.54, 1.807) is 0 Å². The molecular formula is C15H17ClN2O2S. The van der Waals surface area contributed by atoms with Crippen LogP contribution in [-0.4, -0.2) is 36.1 Å². The predicted octanol–water partition coefficient (Wildman–Crippen LogP) is 3.39. The average Bonchev–Trinajstić information content (AvgIpc) is 2.74. The minimum atomic E-state index is -0.0215. The average molecular weight is 325 g/mol. The van der Waals surface area contributed by atoms with Crippen LogP contribution in [0.2, 0.25) is 5.02 Å². The van der Waals surface area contributed by atoms with Gasteiger partial charge in [-0.05, 0) is 32.0 Å². The molecule has 1 saturated heterocycles. The third-order valence-corrected chi connectivity index (χ3v) is 5.00. The summed E-state index contributed by atoms with van der Waals surface area (Å²) in [5, 5.41) is 1.48. The van der Waals surface area contributed by atoms with E-state index in [2.05, 4.69) is 0 Å². The zero-order valence-electron chi connectivity index (χ0n) is 11.9. The molecule has 2 heterocycles. The Morgan fingerprint density at radius 3 is 2.71 bits per heavy atom. The van der Waals surface area contributed by atoms with Crippen LogP contribution in [0.5, 0.6) is 0 Å². The molecule has 1 aliphatic rings. The van der Waals surface area contributed by atoms with Gasteiger partial charge < -0.3 is 15.4 Å². The summed E-state index contributed by atoms with van der Waals surface area (Å²) < 4.78 is 6.65. The minimum absolute atomic E-state index is 0.0215.